The van der Waals surface area contributed by atoms with Crippen molar-refractivity contribution < 1.29 is 9.53 Å². The Morgan fingerprint density at radius 1 is 1.45 bits per heavy atom. The molecule has 1 heterocycles. The summed E-state index contributed by atoms with van der Waals surface area (Å²) in [4.78, 5) is 16.6. The Balaban J connectivity index is 1.61. The minimum absolute atomic E-state index is 0.0885. The standard InChI is InChI=1S/C14H23N3O2S/c1-10-12(20-14(15)17-10)13(18)16-8-5-9-19-11-6-3-2-4-7-11/h11H,2-9H2,1H3,(H2,15,17)(H,16,18). The summed E-state index contributed by atoms with van der Waals surface area (Å²) < 4.78 is 5.82. The highest BCUT2D eigenvalue weighted by atomic mass is 32.1. The summed E-state index contributed by atoms with van der Waals surface area (Å²) in [6.45, 7) is 3.14. The van der Waals surface area contributed by atoms with E-state index < -0.39 is 0 Å². The quantitative estimate of drug-likeness (QED) is 0.791. The molecule has 0 atom stereocenters. The summed E-state index contributed by atoms with van der Waals surface area (Å²) in [5.74, 6) is -0.0885. The lowest BCUT2D eigenvalue weighted by atomic mass is 9.98. The van der Waals surface area contributed by atoms with Crippen LogP contribution in [-0.4, -0.2) is 30.1 Å². The van der Waals surface area contributed by atoms with Gasteiger partial charge in [-0.05, 0) is 26.2 Å². The molecule has 0 aliphatic heterocycles. The highest BCUT2D eigenvalue weighted by molar-refractivity contribution is 7.17. The van der Waals surface area contributed by atoms with Crippen LogP contribution in [0.4, 0.5) is 5.13 Å². The zero-order valence-electron chi connectivity index (χ0n) is 12.0. The van der Waals surface area contributed by atoms with Gasteiger partial charge in [0, 0.05) is 13.2 Å². The predicted octanol–water partition coefficient (Wildman–Crippen LogP) is 2.50. The van der Waals surface area contributed by atoms with Crippen molar-refractivity contribution in [1.29, 1.82) is 0 Å². The van der Waals surface area contributed by atoms with Gasteiger partial charge in [0.25, 0.3) is 5.91 Å². The van der Waals surface area contributed by atoms with Crippen LogP contribution in [0.25, 0.3) is 0 Å². The average Bonchev–Trinajstić information content (AvgIpc) is 2.78. The molecule has 1 aliphatic rings. The maximum absolute atomic E-state index is 11.9. The van der Waals surface area contributed by atoms with Crippen molar-refractivity contribution in [2.75, 3.05) is 18.9 Å². The van der Waals surface area contributed by atoms with Gasteiger partial charge >= 0.3 is 0 Å². The lowest BCUT2D eigenvalue weighted by Crippen LogP contribution is -2.26. The number of nitrogens with one attached hydrogen (secondary N) is 1. The fraction of sp³-hybridized carbons (Fsp3) is 0.714. The first-order valence-electron chi connectivity index (χ1n) is 7.29. The van der Waals surface area contributed by atoms with Crippen molar-refractivity contribution in [2.45, 2.75) is 51.6 Å². The summed E-state index contributed by atoms with van der Waals surface area (Å²) in [7, 11) is 0. The van der Waals surface area contributed by atoms with E-state index in [4.69, 9.17) is 10.5 Å². The number of nitrogen functional groups attached to an aromatic ring is 1. The molecule has 6 heteroatoms. The third-order valence-electron chi connectivity index (χ3n) is 3.53. The number of amides is 1. The lowest BCUT2D eigenvalue weighted by Gasteiger charge is -2.21. The molecular formula is C14H23N3O2S. The molecule has 0 saturated heterocycles. The lowest BCUT2D eigenvalue weighted by molar-refractivity contribution is 0.0273. The molecule has 1 amide bonds. The van der Waals surface area contributed by atoms with Gasteiger partial charge in [-0.25, -0.2) is 4.98 Å². The number of nitrogens with zero attached hydrogens (tertiary/aromatic N) is 1. The SMILES string of the molecule is Cc1nc(N)sc1C(=O)NCCCOC1CCCCC1. The summed E-state index contributed by atoms with van der Waals surface area (Å²) >= 11 is 1.23. The fourth-order valence-electron chi connectivity index (χ4n) is 2.46. The molecule has 2 rings (SSSR count). The molecule has 3 N–H and O–H groups in total. The first-order valence-corrected chi connectivity index (χ1v) is 8.11. The van der Waals surface area contributed by atoms with E-state index in [2.05, 4.69) is 10.3 Å². The highest BCUT2D eigenvalue weighted by Gasteiger charge is 2.14. The van der Waals surface area contributed by atoms with Gasteiger partial charge < -0.3 is 15.8 Å². The van der Waals surface area contributed by atoms with E-state index in [-0.39, 0.29) is 5.91 Å². The molecule has 20 heavy (non-hydrogen) atoms. The molecule has 0 aromatic carbocycles. The van der Waals surface area contributed by atoms with Crippen LogP contribution in [0.3, 0.4) is 0 Å². The Hall–Kier alpha value is -1.14. The van der Waals surface area contributed by atoms with Gasteiger partial charge in [0.05, 0.1) is 11.8 Å². The number of hydrogen-bond donors (Lipinski definition) is 2. The largest absolute Gasteiger partial charge is 0.378 e. The summed E-state index contributed by atoms with van der Waals surface area (Å²) in [6, 6.07) is 0. The van der Waals surface area contributed by atoms with E-state index in [1.165, 1.54) is 43.4 Å². The van der Waals surface area contributed by atoms with Crippen LogP contribution >= 0.6 is 11.3 Å². The van der Waals surface area contributed by atoms with Crippen molar-refractivity contribution >= 4 is 22.4 Å². The Kier molecular flexibility index (Phi) is 5.79. The minimum Gasteiger partial charge on any atom is -0.378 e. The van der Waals surface area contributed by atoms with E-state index in [1.807, 2.05) is 0 Å². The van der Waals surface area contributed by atoms with Crippen molar-refractivity contribution in [3.05, 3.63) is 10.6 Å². The van der Waals surface area contributed by atoms with Gasteiger partial charge in [0.2, 0.25) is 0 Å². The monoisotopic (exact) mass is 297 g/mol. The molecule has 1 aromatic rings. The van der Waals surface area contributed by atoms with E-state index in [9.17, 15) is 4.79 Å². The molecule has 112 valence electrons. The molecule has 1 aliphatic carbocycles. The zero-order valence-corrected chi connectivity index (χ0v) is 12.8. The van der Waals surface area contributed by atoms with Gasteiger partial charge in [-0.2, -0.15) is 0 Å². The smallest absolute Gasteiger partial charge is 0.263 e. The van der Waals surface area contributed by atoms with E-state index >= 15 is 0 Å². The van der Waals surface area contributed by atoms with Gasteiger partial charge in [-0.15, -0.1) is 0 Å². The molecule has 1 fully saturated rings. The van der Waals surface area contributed by atoms with Crippen molar-refractivity contribution in [3.8, 4) is 0 Å². The van der Waals surface area contributed by atoms with Crippen molar-refractivity contribution in [3.63, 3.8) is 0 Å². The van der Waals surface area contributed by atoms with Crippen molar-refractivity contribution in [2.24, 2.45) is 0 Å². The van der Waals surface area contributed by atoms with Crippen LogP contribution in [0.1, 0.15) is 53.9 Å². The summed E-state index contributed by atoms with van der Waals surface area (Å²) in [5, 5.41) is 3.32. The second kappa shape index (κ2) is 7.59. The van der Waals surface area contributed by atoms with Gasteiger partial charge in [0.15, 0.2) is 5.13 Å². The number of hydrogen-bond acceptors (Lipinski definition) is 5. The van der Waals surface area contributed by atoms with Crippen LogP contribution in [0.15, 0.2) is 0 Å². The maximum Gasteiger partial charge on any atom is 0.263 e. The topological polar surface area (TPSA) is 77.2 Å². The number of carbonyl (C=O) groups excluding carboxylic acids is 1. The van der Waals surface area contributed by atoms with E-state index in [0.717, 1.165) is 13.0 Å². The number of aryl methyl sites for hydroxylation is 1. The predicted molar refractivity (Wildman–Crippen MR) is 81.0 cm³/mol. The third-order valence-corrected chi connectivity index (χ3v) is 4.52. The van der Waals surface area contributed by atoms with E-state index in [0.29, 0.717) is 28.4 Å². The van der Waals surface area contributed by atoms with Crippen molar-refractivity contribution in [1.82, 2.24) is 10.3 Å². The average molecular weight is 297 g/mol. The first kappa shape index (κ1) is 15.3. The van der Waals surface area contributed by atoms with Crippen LogP contribution in [0.2, 0.25) is 0 Å². The molecule has 0 unspecified atom stereocenters. The molecule has 0 bridgehead atoms. The normalized spacial score (nSPS) is 16.2. The molecule has 1 aromatic heterocycles. The Morgan fingerprint density at radius 3 is 2.85 bits per heavy atom. The number of ether oxygens (including phenoxy) is 1. The summed E-state index contributed by atoms with van der Waals surface area (Å²) in [5.41, 5.74) is 6.28. The van der Waals surface area contributed by atoms with Crippen LogP contribution in [0, 0.1) is 6.92 Å². The third kappa shape index (κ3) is 4.45. The number of rotatable bonds is 6. The number of anilines is 1. The van der Waals surface area contributed by atoms with Crippen LogP contribution < -0.4 is 11.1 Å². The van der Waals surface area contributed by atoms with Gasteiger partial charge in [-0.1, -0.05) is 30.6 Å². The number of carbonyl (C=O) groups is 1. The molecule has 0 spiro atoms. The highest BCUT2D eigenvalue weighted by Crippen LogP contribution is 2.20. The second-order valence-corrected chi connectivity index (χ2v) is 6.24. The molecule has 5 nitrogen and oxygen atoms in total. The van der Waals surface area contributed by atoms with Gasteiger partial charge in [-0.3, -0.25) is 4.79 Å². The molecular weight excluding hydrogens is 274 g/mol. The minimum atomic E-state index is -0.0885. The molecule has 0 radical (unpaired) electrons. The molecule has 1 saturated carbocycles. The Labute approximate surface area is 123 Å². The van der Waals surface area contributed by atoms with Gasteiger partial charge in [0.1, 0.15) is 4.88 Å². The van der Waals surface area contributed by atoms with Crippen LogP contribution in [0.5, 0.6) is 0 Å². The Morgan fingerprint density at radius 2 is 2.20 bits per heavy atom. The number of aromatic nitrogens is 1. The fourth-order valence-corrected chi connectivity index (χ4v) is 3.21. The van der Waals surface area contributed by atoms with Crippen LogP contribution in [-0.2, 0) is 4.74 Å². The summed E-state index contributed by atoms with van der Waals surface area (Å²) in [6.07, 6.45) is 7.56. The number of thiazole rings is 1. The first-order chi connectivity index (χ1) is 9.66. The zero-order chi connectivity index (χ0) is 14.4. The maximum atomic E-state index is 11.9. The Bertz CT molecular complexity index is 442. The second-order valence-electron chi connectivity index (χ2n) is 5.21. The van der Waals surface area contributed by atoms with E-state index in [1.54, 1.807) is 6.92 Å². The number of nitrogens with two attached hydrogens (primary N) is 1.